The molecule has 0 aromatic heterocycles. The number of nitrogens with one attached hydrogen (secondary N) is 2. The largest absolute Gasteiger partial charge is 0.399 e. The van der Waals surface area contributed by atoms with Gasteiger partial charge in [-0.05, 0) is 52.3 Å². The second-order valence-electron chi connectivity index (χ2n) is 6.36. The molecular formula is C16H25N3O2. The molecule has 0 aliphatic rings. The van der Waals surface area contributed by atoms with Crippen molar-refractivity contribution in [1.82, 2.24) is 10.6 Å². The SMILES string of the molecule is CC(NC(=O)C(C)c1cccc(N)c1)C(=O)NC(C)(C)C. The molecule has 0 radical (unpaired) electrons. The first-order valence-electron chi connectivity index (χ1n) is 7.08. The van der Waals surface area contributed by atoms with Crippen LogP contribution in [0.25, 0.3) is 0 Å². The summed E-state index contributed by atoms with van der Waals surface area (Å²) in [4.78, 5) is 24.2. The van der Waals surface area contributed by atoms with Crippen LogP contribution in [0.3, 0.4) is 0 Å². The molecule has 0 saturated carbocycles. The van der Waals surface area contributed by atoms with Crippen molar-refractivity contribution in [3.63, 3.8) is 0 Å². The van der Waals surface area contributed by atoms with Crippen molar-refractivity contribution in [2.45, 2.75) is 52.1 Å². The van der Waals surface area contributed by atoms with Crippen LogP contribution in [0.15, 0.2) is 24.3 Å². The summed E-state index contributed by atoms with van der Waals surface area (Å²) in [5.41, 5.74) is 6.84. The molecule has 5 nitrogen and oxygen atoms in total. The molecule has 2 amide bonds. The monoisotopic (exact) mass is 291 g/mol. The molecule has 0 heterocycles. The highest BCUT2D eigenvalue weighted by Crippen LogP contribution is 2.18. The van der Waals surface area contributed by atoms with Crippen molar-refractivity contribution >= 4 is 17.5 Å². The highest BCUT2D eigenvalue weighted by Gasteiger charge is 2.23. The van der Waals surface area contributed by atoms with Gasteiger partial charge in [0.15, 0.2) is 0 Å². The van der Waals surface area contributed by atoms with E-state index in [1.165, 1.54) is 0 Å². The number of nitrogen functional groups attached to an aromatic ring is 1. The fourth-order valence-corrected chi connectivity index (χ4v) is 1.86. The maximum atomic E-state index is 12.2. The Kier molecular flexibility index (Phi) is 5.35. The smallest absolute Gasteiger partial charge is 0.242 e. The predicted octanol–water partition coefficient (Wildman–Crippen LogP) is 1.79. The number of carbonyl (C=O) groups is 2. The number of anilines is 1. The Bertz CT molecular complexity index is 520. The van der Waals surface area contributed by atoms with Gasteiger partial charge in [-0.15, -0.1) is 0 Å². The molecule has 4 N–H and O–H groups in total. The molecule has 1 rings (SSSR count). The molecule has 0 spiro atoms. The van der Waals surface area contributed by atoms with Crippen molar-refractivity contribution in [2.75, 3.05) is 5.73 Å². The van der Waals surface area contributed by atoms with E-state index in [-0.39, 0.29) is 23.3 Å². The highest BCUT2D eigenvalue weighted by atomic mass is 16.2. The van der Waals surface area contributed by atoms with Gasteiger partial charge in [-0.1, -0.05) is 12.1 Å². The lowest BCUT2D eigenvalue weighted by Crippen LogP contribution is -2.51. The Morgan fingerprint density at radius 2 is 1.76 bits per heavy atom. The van der Waals surface area contributed by atoms with E-state index in [0.717, 1.165) is 5.56 Å². The van der Waals surface area contributed by atoms with Crippen LogP contribution >= 0.6 is 0 Å². The molecule has 0 aliphatic carbocycles. The number of amides is 2. The van der Waals surface area contributed by atoms with Gasteiger partial charge in [0.05, 0.1) is 5.92 Å². The van der Waals surface area contributed by atoms with Crippen LogP contribution < -0.4 is 16.4 Å². The van der Waals surface area contributed by atoms with E-state index >= 15 is 0 Å². The van der Waals surface area contributed by atoms with Gasteiger partial charge in [-0.25, -0.2) is 0 Å². The van der Waals surface area contributed by atoms with Crippen LogP contribution in [0.2, 0.25) is 0 Å². The number of hydrogen-bond donors (Lipinski definition) is 3. The first kappa shape index (κ1) is 17.0. The Morgan fingerprint density at radius 3 is 2.29 bits per heavy atom. The highest BCUT2D eigenvalue weighted by molar-refractivity contribution is 5.90. The van der Waals surface area contributed by atoms with Gasteiger partial charge in [-0.2, -0.15) is 0 Å². The van der Waals surface area contributed by atoms with Crippen molar-refractivity contribution in [3.05, 3.63) is 29.8 Å². The van der Waals surface area contributed by atoms with E-state index in [9.17, 15) is 9.59 Å². The average molecular weight is 291 g/mol. The summed E-state index contributed by atoms with van der Waals surface area (Å²) >= 11 is 0. The first-order valence-corrected chi connectivity index (χ1v) is 7.08. The van der Waals surface area contributed by atoms with Crippen LogP contribution in [-0.2, 0) is 9.59 Å². The standard InChI is InChI=1S/C16H25N3O2/c1-10(12-7-6-8-13(17)9-12)14(20)18-11(2)15(21)19-16(3,4)5/h6-11H,17H2,1-5H3,(H,18,20)(H,19,21). The third-order valence-corrected chi connectivity index (χ3v) is 3.05. The van der Waals surface area contributed by atoms with Gasteiger partial charge in [0.25, 0.3) is 0 Å². The summed E-state index contributed by atoms with van der Waals surface area (Å²) in [6, 6.07) is 6.61. The van der Waals surface area contributed by atoms with E-state index in [4.69, 9.17) is 5.73 Å². The molecule has 0 fully saturated rings. The maximum Gasteiger partial charge on any atom is 0.242 e. The molecule has 1 aromatic carbocycles. The third-order valence-electron chi connectivity index (χ3n) is 3.05. The van der Waals surface area contributed by atoms with Crippen molar-refractivity contribution in [3.8, 4) is 0 Å². The van der Waals surface area contributed by atoms with Crippen LogP contribution in [0.5, 0.6) is 0 Å². The number of carbonyl (C=O) groups excluding carboxylic acids is 2. The van der Waals surface area contributed by atoms with E-state index in [1.807, 2.05) is 32.9 Å². The van der Waals surface area contributed by atoms with Gasteiger partial charge in [0.2, 0.25) is 11.8 Å². The summed E-state index contributed by atoms with van der Waals surface area (Å²) in [6.45, 7) is 9.15. The number of hydrogen-bond acceptors (Lipinski definition) is 3. The summed E-state index contributed by atoms with van der Waals surface area (Å²) in [5, 5.41) is 5.57. The van der Waals surface area contributed by atoms with E-state index in [0.29, 0.717) is 5.69 Å². The molecule has 21 heavy (non-hydrogen) atoms. The third kappa shape index (κ3) is 5.45. The summed E-state index contributed by atoms with van der Waals surface area (Å²) in [6.07, 6.45) is 0. The molecule has 0 aliphatic heterocycles. The minimum atomic E-state index is -0.583. The number of benzene rings is 1. The van der Waals surface area contributed by atoms with Crippen LogP contribution in [0, 0.1) is 0 Å². The van der Waals surface area contributed by atoms with Gasteiger partial charge in [-0.3, -0.25) is 9.59 Å². The van der Waals surface area contributed by atoms with Crippen molar-refractivity contribution in [2.24, 2.45) is 0 Å². The lowest BCUT2D eigenvalue weighted by molar-refractivity contribution is -0.130. The number of rotatable bonds is 4. The van der Waals surface area contributed by atoms with Gasteiger partial charge >= 0.3 is 0 Å². The van der Waals surface area contributed by atoms with Crippen molar-refractivity contribution in [1.29, 1.82) is 0 Å². The van der Waals surface area contributed by atoms with E-state index in [2.05, 4.69) is 10.6 Å². The zero-order valence-corrected chi connectivity index (χ0v) is 13.4. The lowest BCUT2D eigenvalue weighted by atomic mass is 9.99. The fourth-order valence-electron chi connectivity index (χ4n) is 1.86. The first-order chi connectivity index (χ1) is 9.60. The summed E-state index contributed by atoms with van der Waals surface area (Å²) in [7, 11) is 0. The molecule has 0 bridgehead atoms. The van der Waals surface area contributed by atoms with Gasteiger partial charge in [0.1, 0.15) is 6.04 Å². The average Bonchev–Trinajstić information content (AvgIpc) is 2.35. The second-order valence-corrected chi connectivity index (χ2v) is 6.36. The summed E-state index contributed by atoms with van der Waals surface area (Å²) < 4.78 is 0. The minimum absolute atomic E-state index is 0.197. The fraction of sp³-hybridized carbons (Fsp3) is 0.500. The minimum Gasteiger partial charge on any atom is -0.399 e. The Labute approximate surface area is 126 Å². The van der Waals surface area contributed by atoms with Gasteiger partial charge < -0.3 is 16.4 Å². The molecule has 116 valence electrons. The Hall–Kier alpha value is -2.04. The normalized spacial score (nSPS) is 14.1. The van der Waals surface area contributed by atoms with E-state index in [1.54, 1.807) is 26.0 Å². The Balaban J connectivity index is 2.66. The van der Waals surface area contributed by atoms with Crippen LogP contribution in [-0.4, -0.2) is 23.4 Å². The van der Waals surface area contributed by atoms with Crippen LogP contribution in [0.1, 0.15) is 46.1 Å². The molecule has 1 aromatic rings. The molecular weight excluding hydrogens is 266 g/mol. The van der Waals surface area contributed by atoms with Crippen LogP contribution in [0.4, 0.5) is 5.69 Å². The molecule has 5 heteroatoms. The molecule has 2 atom stereocenters. The van der Waals surface area contributed by atoms with Crippen molar-refractivity contribution < 1.29 is 9.59 Å². The summed E-state index contributed by atoms with van der Waals surface area (Å²) in [5.74, 6) is -0.758. The van der Waals surface area contributed by atoms with E-state index < -0.39 is 6.04 Å². The van der Waals surface area contributed by atoms with Gasteiger partial charge in [0, 0.05) is 11.2 Å². The Morgan fingerprint density at radius 1 is 1.14 bits per heavy atom. The zero-order chi connectivity index (χ0) is 16.2. The lowest BCUT2D eigenvalue weighted by Gasteiger charge is -2.24. The topological polar surface area (TPSA) is 84.2 Å². The quantitative estimate of drug-likeness (QED) is 0.739. The predicted molar refractivity (Wildman–Crippen MR) is 84.8 cm³/mol. The number of nitrogens with two attached hydrogens (primary N) is 1. The zero-order valence-electron chi connectivity index (χ0n) is 13.4. The molecule has 2 unspecified atom stereocenters. The molecule has 0 saturated heterocycles. The maximum absolute atomic E-state index is 12.2. The second kappa shape index (κ2) is 6.61.